The van der Waals surface area contributed by atoms with E-state index in [1.165, 1.54) is 3.57 Å². The molecule has 0 unspecified atom stereocenters. The van der Waals surface area contributed by atoms with Crippen molar-refractivity contribution in [1.29, 1.82) is 0 Å². The summed E-state index contributed by atoms with van der Waals surface area (Å²) >= 11 is 2.25. The highest BCUT2D eigenvalue weighted by Gasteiger charge is 2.23. The van der Waals surface area contributed by atoms with Gasteiger partial charge in [0, 0.05) is 9.13 Å². The third kappa shape index (κ3) is 3.89. The zero-order valence-corrected chi connectivity index (χ0v) is 14.2. The lowest BCUT2D eigenvalue weighted by atomic mass is 10.1. The molecule has 23 heavy (non-hydrogen) atoms. The number of benzene rings is 2. The minimum Gasteiger partial charge on any atom is -0.488 e. The fraction of sp³-hybridized carbons (Fsp3) is 0.0588. The maximum Gasteiger partial charge on any atom is 0.326 e. The van der Waals surface area contributed by atoms with Gasteiger partial charge in [-0.1, -0.05) is 30.3 Å². The largest absolute Gasteiger partial charge is 0.488 e. The van der Waals surface area contributed by atoms with Crippen molar-refractivity contribution in [2.24, 2.45) is 0 Å². The molecular formula is C17H13IN2O3. The predicted molar refractivity (Wildman–Crippen MR) is 94.6 cm³/mol. The molecule has 0 saturated carbocycles. The molecule has 3 amide bonds. The number of halogens is 1. The average Bonchev–Trinajstić information content (AvgIpc) is 2.86. The Morgan fingerprint density at radius 1 is 1.00 bits per heavy atom. The number of nitrogens with one attached hydrogen (secondary N) is 2. The Kier molecular flexibility index (Phi) is 4.61. The summed E-state index contributed by atoms with van der Waals surface area (Å²) in [5.74, 6) is 0.204. The quantitative estimate of drug-likeness (QED) is 0.454. The standard InChI is InChI=1S/C17H13IN2O3/c18-13-7-5-11(6-8-13)10-23-15-4-2-1-3-12(15)9-14-16(21)20-17(22)19-14/h1-9H,10H2,(H2,19,20,21,22). The van der Waals surface area contributed by atoms with Crippen LogP contribution in [0.3, 0.4) is 0 Å². The number of amides is 3. The first kappa shape index (κ1) is 15.5. The zero-order chi connectivity index (χ0) is 16.2. The number of hydrogen-bond donors (Lipinski definition) is 2. The Hall–Kier alpha value is -2.35. The third-order valence-electron chi connectivity index (χ3n) is 3.25. The van der Waals surface area contributed by atoms with Gasteiger partial charge in [0.25, 0.3) is 5.91 Å². The molecule has 1 aliphatic heterocycles. The summed E-state index contributed by atoms with van der Waals surface area (Å²) in [5, 5.41) is 4.64. The minimum atomic E-state index is -0.515. The summed E-state index contributed by atoms with van der Waals surface area (Å²) in [6.07, 6.45) is 1.60. The van der Waals surface area contributed by atoms with Crippen molar-refractivity contribution in [1.82, 2.24) is 10.6 Å². The number of carbonyl (C=O) groups is 2. The first-order chi connectivity index (χ1) is 11.1. The lowest BCUT2D eigenvalue weighted by Gasteiger charge is -2.09. The molecule has 5 nitrogen and oxygen atoms in total. The van der Waals surface area contributed by atoms with Crippen LogP contribution in [0.2, 0.25) is 0 Å². The normalized spacial score (nSPS) is 15.4. The van der Waals surface area contributed by atoms with Crippen LogP contribution in [0.25, 0.3) is 6.08 Å². The number of hydrogen-bond acceptors (Lipinski definition) is 3. The van der Waals surface area contributed by atoms with Crippen LogP contribution in [0.4, 0.5) is 4.79 Å². The van der Waals surface area contributed by atoms with Gasteiger partial charge in [-0.05, 0) is 52.4 Å². The molecule has 2 N–H and O–H groups in total. The van der Waals surface area contributed by atoms with Crippen molar-refractivity contribution in [2.75, 3.05) is 0 Å². The number of urea groups is 1. The predicted octanol–water partition coefficient (Wildman–Crippen LogP) is 3.05. The first-order valence-electron chi connectivity index (χ1n) is 6.92. The van der Waals surface area contributed by atoms with Crippen LogP contribution in [-0.2, 0) is 11.4 Å². The van der Waals surface area contributed by atoms with Crippen molar-refractivity contribution in [2.45, 2.75) is 6.61 Å². The Morgan fingerprint density at radius 2 is 1.74 bits per heavy atom. The molecule has 0 aliphatic carbocycles. The summed E-state index contributed by atoms with van der Waals surface area (Å²) < 4.78 is 7.01. The number of carbonyl (C=O) groups excluding carboxylic acids is 2. The van der Waals surface area contributed by atoms with E-state index in [4.69, 9.17) is 4.74 Å². The molecule has 0 atom stereocenters. The second-order valence-corrected chi connectivity index (χ2v) is 6.16. The van der Waals surface area contributed by atoms with Crippen molar-refractivity contribution < 1.29 is 14.3 Å². The van der Waals surface area contributed by atoms with E-state index >= 15 is 0 Å². The molecule has 116 valence electrons. The van der Waals surface area contributed by atoms with Crippen LogP contribution in [-0.4, -0.2) is 11.9 Å². The van der Waals surface area contributed by atoms with Crippen molar-refractivity contribution >= 4 is 40.6 Å². The van der Waals surface area contributed by atoms with E-state index in [1.807, 2.05) is 48.5 Å². The van der Waals surface area contributed by atoms with Gasteiger partial charge in [0.15, 0.2) is 0 Å². The Bertz CT molecular complexity index is 785. The van der Waals surface area contributed by atoms with Crippen LogP contribution in [0, 0.1) is 3.57 Å². The molecule has 0 bridgehead atoms. The molecule has 0 radical (unpaired) electrons. The zero-order valence-electron chi connectivity index (χ0n) is 12.0. The maximum atomic E-state index is 11.6. The molecule has 1 saturated heterocycles. The van der Waals surface area contributed by atoms with E-state index in [0.717, 1.165) is 11.1 Å². The second kappa shape index (κ2) is 6.82. The third-order valence-corrected chi connectivity index (χ3v) is 3.97. The Labute approximate surface area is 146 Å². The van der Waals surface area contributed by atoms with Gasteiger partial charge in [0.1, 0.15) is 18.1 Å². The number of imide groups is 1. The highest BCUT2D eigenvalue weighted by Crippen LogP contribution is 2.22. The van der Waals surface area contributed by atoms with E-state index < -0.39 is 11.9 Å². The summed E-state index contributed by atoms with van der Waals surface area (Å²) in [6, 6.07) is 14.9. The van der Waals surface area contributed by atoms with E-state index in [1.54, 1.807) is 6.08 Å². The molecule has 2 aromatic carbocycles. The van der Waals surface area contributed by atoms with Gasteiger partial charge in [-0.3, -0.25) is 10.1 Å². The molecule has 6 heteroatoms. The number of para-hydroxylation sites is 1. The van der Waals surface area contributed by atoms with E-state index in [0.29, 0.717) is 12.4 Å². The lowest BCUT2D eigenvalue weighted by molar-refractivity contribution is -0.115. The maximum absolute atomic E-state index is 11.6. The number of rotatable bonds is 4. The van der Waals surface area contributed by atoms with Gasteiger partial charge in [-0.15, -0.1) is 0 Å². The van der Waals surface area contributed by atoms with E-state index in [2.05, 4.69) is 33.2 Å². The van der Waals surface area contributed by atoms with Gasteiger partial charge < -0.3 is 10.1 Å². The van der Waals surface area contributed by atoms with E-state index in [-0.39, 0.29) is 5.70 Å². The van der Waals surface area contributed by atoms with Crippen molar-refractivity contribution in [3.05, 3.63) is 68.9 Å². The summed E-state index contributed by atoms with van der Waals surface area (Å²) in [5.41, 5.74) is 1.99. The summed E-state index contributed by atoms with van der Waals surface area (Å²) in [7, 11) is 0. The SMILES string of the molecule is O=C1NC(=O)C(=Cc2ccccc2OCc2ccc(I)cc2)N1. The fourth-order valence-corrected chi connectivity index (χ4v) is 2.47. The van der Waals surface area contributed by atoms with Crippen LogP contribution < -0.4 is 15.4 Å². The van der Waals surface area contributed by atoms with Crippen molar-refractivity contribution in [3.8, 4) is 5.75 Å². The molecule has 0 aromatic heterocycles. The molecular weight excluding hydrogens is 407 g/mol. The van der Waals surface area contributed by atoms with Crippen LogP contribution >= 0.6 is 22.6 Å². The molecule has 2 aromatic rings. The molecule has 1 aliphatic rings. The highest BCUT2D eigenvalue weighted by atomic mass is 127. The van der Waals surface area contributed by atoms with Crippen molar-refractivity contribution in [3.63, 3.8) is 0 Å². The smallest absolute Gasteiger partial charge is 0.326 e. The molecule has 0 spiro atoms. The van der Waals surface area contributed by atoms with Gasteiger partial charge in [0.05, 0.1) is 0 Å². The topological polar surface area (TPSA) is 67.4 Å². The monoisotopic (exact) mass is 420 g/mol. The average molecular weight is 420 g/mol. The number of ether oxygens (including phenoxy) is 1. The first-order valence-corrected chi connectivity index (χ1v) is 8.00. The van der Waals surface area contributed by atoms with Gasteiger partial charge in [-0.2, -0.15) is 0 Å². The van der Waals surface area contributed by atoms with Gasteiger partial charge in [0.2, 0.25) is 0 Å². The highest BCUT2D eigenvalue weighted by molar-refractivity contribution is 14.1. The van der Waals surface area contributed by atoms with Gasteiger partial charge >= 0.3 is 6.03 Å². The van der Waals surface area contributed by atoms with Crippen LogP contribution in [0.15, 0.2) is 54.2 Å². The van der Waals surface area contributed by atoms with Crippen LogP contribution in [0.5, 0.6) is 5.75 Å². The minimum absolute atomic E-state index is 0.209. The second-order valence-electron chi connectivity index (χ2n) is 4.92. The van der Waals surface area contributed by atoms with Crippen LogP contribution in [0.1, 0.15) is 11.1 Å². The lowest BCUT2D eigenvalue weighted by Crippen LogP contribution is -2.22. The van der Waals surface area contributed by atoms with Gasteiger partial charge in [-0.25, -0.2) is 4.79 Å². The fourth-order valence-electron chi connectivity index (χ4n) is 2.11. The van der Waals surface area contributed by atoms with E-state index in [9.17, 15) is 9.59 Å². The molecule has 1 heterocycles. The summed E-state index contributed by atoms with van der Waals surface area (Å²) in [6.45, 7) is 0.426. The Balaban J connectivity index is 1.78. The molecule has 1 fully saturated rings. The summed E-state index contributed by atoms with van der Waals surface area (Å²) in [4.78, 5) is 22.8. The molecule has 3 rings (SSSR count). The Morgan fingerprint density at radius 3 is 2.43 bits per heavy atom.